The number of amides is 1. The van der Waals surface area contributed by atoms with Crippen LogP contribution < -0.4 is 9.64 Å². The third kappa shape index (κ3) is 3.03. The van der Waals surface area contributed by atoms with Crippen LogP contribution in [0.3, 0.4) is 0 Å². The Balaban J connectivity index is 1.46. The molecular weight excluding hydrogens is 344 g/mol. The standard InChI is InChI=1S/C21H22N2O2S/c1-15-18-5-3-4-6-19(18)26-20(15)21(24)23-13-11-22(12-14-23)16-7-9-17(25-2)10-8-16/h3-10H,11-14H2,1-2H3. The lowest BCUT2D eigenvalue weighted by molar-refractivity contribution is 0.0751. The Labute approximate surface area is 157 Å². The van der Waals surface area contributed by atoms with Crippen molar-refractivity contribution in [3.05, 3.63) is 59.0 Å². The van der Waals surface area contributed by atoms with Crippen LogP contribution >= 0.6 is 11.3 Å². The fourth-order valence-corrected chi connectivity index (χ4v) is 4.66. The predicted octanol–water partition coefficient (Wildman–Crippen LogP) is 4.18. The van der Waals surface area contributed by atoms with Crippen molar-refractivity contribution in [1.82, 2.24) is 4.90 Å². The van der Waals surface area contributed by atoms with Crippen LogP contribution in [0.1, 0.15) is 15.2 Å². The molecule has 0 bridgehead atoms. The number of anilines is 1. The molecule has 0 atom stereocenters. The fourth-order valence-electron chi connectivity index (χ4n) is 3.48. The Kier molecular flexibility index (Phi) is 4.55. The van der Waals surface area contributed by atoms with Crippen LogP contribution in [0, 0.1) is 6.92 Å². The minimum absolute atomic E-state index is 0.165. The Morgan fingerprint density at radius 3 is 2.35 bits per heavy atom. The lowest BCUT2D eigenvalue weighted by Crippen LogP contribution is -2.48. The number of piperazine rings is 1. The topological polar surface area (TPSA) is 32.8 Å². The summed E-state index contributed by atoms with van der Waals surface area (Å²) in [6, 6.07) is 16.4. The number of ether oxygens (including phenoxy) is 1. The molecular formula is C21H22N2O2S. The first-order chi connectivity index (χ1) is 12.7. The number of nitrogens with zero attached hydrogens (tertiary/aromatic N) is 2. The zero-order valence-corrected chi connectivity index (χ0v) is 15.9. The van der Waals surface area contributed by atoms with Gasteiger partial charge in [0.15, 0.2) is 0 Å². The van der Waals surface area contributed by atoms with Crippen molar-refractivity contribution in [3.8, 4) is 5.75 Å². The molecule has 0 saturated carbocycles. The van der Waals surface area contributed by atoms with Gasteiger partial charge >= 0.3 is 0 Å². The Morgan fingerprint density at radius 2 is 1.69 bits per heavy atom. The van der Waals surface area contributed by atoms with E-state index in [1.807, 2.05) is 29.2 Å². The van der Waals surface area contributed by atoms with Gasteiger partial charge in [0, 0.05) is 36.6 Å². The molecule has 3 aromatic rings. The molecule has 134 valence electrons. The van der Waals surface area contributed by atoms with Crippen LogP contribution in [0.25, 0.3) is 10.1 Å². The Bertz CT molecular complexity index is 925. The molecule has 2 heterocycles. The number of carbonyl (C=O) groups excluding carboxylic acids is 1. The summed E-state index contributed by atoms with van der Waals surface area (Å²) < 4.78 is 6.41. The quantitative estimate of drug-likeness (QED) is 0.697. The molecule has 1 aromatic heterocycles. The van der Waals surface area contributed by atoms with Crippen molar-refractivity contribution in [2.75, 3.05) is 38.2 Å². The van der Waals surface area contributed by atoms with E-state index in [0.29, 0.717) is 0 Å². The lowest BCUT2D eigenvalue weighted by Gasteiger charge is -2.36. The van der Waals surface area contributed by atoms with Gasteiger partial charge in [-0.1, -0.05) is 18.2 Å². The second-order valence-electron chi connectivity index (χ2n) is 6.53. The van der Waals surface area contributed by atoms with E-state index in [1.165, 1.54) is 15.8 Å². The molecule has 4 nitrogen and oxygen atoms in total. The van der Waals surface area contributed by atoms with Crippen molar-refractivity contribution in [2.45, 2.75) is 6.92 Å². The second kappa shape index (κ2) is 7.00. The Morgan fingerprint density at radius 1 is 1.00 bits per heavy atom. The molecule has 1 aliphatic rings. The van der Waals surface area contributed by atoms with Crippen LogP contribution in [-0.2, 0) is 0 Å². The first-order valence-electron chi connectivity index (χ1n) is 8.84. The summed E-state index contributed by atoms with van der Waals surface area (Å²) in [6.07, 6.45) is 0. The SMILES string of the molecule is COc1ccc(N2CCN(C(=O)c3sc4ccccc4c3C)CC2)cc1. The molecule has 26 heavy (non-hydrogen) atoms. The maximum absolute atomic E-state index is 13.0. The smallest absolute Gasteiger partial charge is 0.264 e. The maximum Gasteiger partial charge on any atom is 0.264 e. The van der Waals surface area contributed by atoms with Gasteiger partial charge in [0.1, 0.15) is 5.75 Å². The minimum atomic E-state index is 0.165. The number of rotatable bonds is 3. The molecule has 0 spiro atoms. The van der Waals surface area contributed by atoms with Crippen LogP contribution in [0.15, 0.2) is 48.5 Å². The highest BCUT2D eigenvalue weighted by molar-refractivity contribution is 7.21. The number of benzene rings is 2. The average molecular weight is 366 g/mol. The van der Waals surface area contributed by atoms with Crippen molar-refractivity contribution in [1.29, 1.82) is 0 Å². The van der Waals surface area contributed by atoms with Crippen LogP contribution in [0.5, 0.6) is 5.75 Å². The van der Waals surface area contributed by atoms with Crippen LogP contribution in [-0.4, -0.2) is 44.1 Å². The van der Waals surface area contributed by atoms with Crippen molar-refractivity contribution in [3.63, 3.8) is 0 Å². The summed E-state index contributed by atoms with van der Waals surface area (Å²) >= 11 is 1.61. The average Bonchev–Trinajstić information content (AvgIpc) is 3.04. The maximum atomic E-state index is 13.0. The number of carbonyl (C=O) groups is 1. The fraction of sp³-hybridized carbons (Fsp3) is 0.286. The van der Waals surface area contributed by atoms with Crippen LogP contribution in [0.4, 0.5) is 5.69 Å². The predicted molar refractivity (Wildman–Crippen MR) is 108 cm³/mol. The lowest BCUT2D eigenvalue weighted by atomic mass is 10.1. The van der Waals surface area contributed by atoms with Gasteiger partial charge in [-0.05, 0) is 48.2 Å². The minimum Gasteiger partial charge on any atom is -0.497 e. The van der Waals surface area contributed by atoms with Crippen molar-refractivity contribution in [2.24, 2.45) is 0 Å². The third-order valence-electron chi connectivity index (χ3n) is 5.04. The molecule has 1 fully saturated rings. The highest BCUT2D eigenvalue weighted by atomic mass is 32.1. The number of hydrogen-bond donors (Lipinski definition) is 0. The molecule has 0 N–H and O–H groups in total. The van der Waals surface area contributed by atoms with E-state index >= 15 is 0 Å². The summed E-state index contributed by atoms with van der Waals surface area (Å²) in [4.78, 5) is 18.2. The van der Waals surface area contributed by atoms with E-state index in [9.17, 15) is 4.79 Å². The normalized spacial score (nSPS) is 14.7. The summed E-state index contributed by atoms with van der Waals surface area (Å²) in [7, 11) is 1.68. The molecule has 2 aromatic carbocycles. The molecule has 1 amide bonds. The van der Waals surface area contributed by atoms with Gasteiger partial charge in [-0.3, -0.25) is 4.79 Å². The van der Waals surface area contributed by atoms with Gasteiger partial charge in [-0.15, -0.1) is 11.3 Å². The molecule has 0 aliphatic carbocycles. The number of fused-ring (bicyclic) bond motifs is 1. The largest absolute Gasteiger partial charge is 0.497 e. The monoisotopic (exact) mass is 366 g/mol. The zero-order valence-electron chi connectivity index (χ0n) is 15.1. The molecule has 4 rings (SSSR count). The summed E-state index contributed by atoms with van der Waals surface area (Å²) in [5.41, 5.74) is 2.28. The zero-order chi connectivity index (χ0) is 18.1. The Hall–Kier alpha value is -2.53. The van der Waals surface area contributed by atoms with Crippen LogP contribution in [0.2, 0.25) is 0 Å². The summed E-state index contributed by atoms with van der Waals surface area (Å²) in [5.74, 6) is 1.03. The van der Waals surface area contributed by atoms with Gasteiger partial charge in [0.2, 0.25) is 0 Å². The van der Waals surface area contributed by atoms with Crippen molar-refractivity contribution >= 4 is 33.0 Å². The number of methoxy groups -OCH3 is 1. The van der Waals surface area contributed by atoms with Gasteiger partial charge in [-0.25, -0.2) is 0 Å². The first kappa shape index (κ1) is 16.9. The van der Waals surface area contributed by atoms with E-state index in [0.717, 1.165) is 42.4 Å². The highest BCUT2D eigenvalue weighted by Crippen LogP contribution is 2.31. The van der Waals surface area contributed by atoms with E-state index in [4.69, 9.17) is 4.74 Å². The van der Waals surface area contributed by atoms with Gasteiger partial charge in [0.25, 0.3) is 5.91 Å². The molecule has 0 radical (unpaired) electrons. The number of thiophene rings is 1. The second-order valence-corrected chi connectivity index (χ2v) is 7.58. The number of hydrogen-bond acceptors (Lipinski definition) is 4. The van der Waals surface area contributed by atoms with Gasteiger partial charge < -0.3 is 14.5 Å². The molecule has 5 heteroatoms. The first-order valence-corrected chi connectivity index (χ1v) is 9.65. The molecule has 1 saturated heterocycles. The van der Waals surface area contributed by atoms with Gasteiger partial charge in [0.05, 0.1) is 12.0 Å². The number of aryl methyl sites for hydroxylation is 1. The summed E-state index contributed by atoms with van der Waals surface area (Å²) in [6.45, 7) is 5.25. The molecule has 1 aliphatic heterocycles. The van der Waals surface area contributed by atoms with E-state index in [2.05, 4.69) is 36.1 Å². The van der Waals surface area contributed by atoms with E-state index < -0.39 is 0 Å². The van der Waals surface area contributed by atoms with E-state index in [1.54, 1.807) is 18.4 Å². The molecule has 0 unspecified atom stereocenters. The van der Waals surface area contributed by atoms with Crippen molar-refractivity contribution < 1.29 is 9.53 Å². The summed E-state index contributed by atoms with van der Waals surface area (Å²) in [5, 5.41) is 1.19. The third-order valence-corrected chi connectivity index (χ3v) is 6.30. The van der Waals surface area contributed by atoms with E-state index in [-0.39, 0.29) is 5.91 Å². The highest BCUT2D eigenvalue weighted by Gasteiger charge is 2.25. The van der Waals surface area contributed by atoms with Gasteiger partial charge in [-0.2, -0.15) is 0 Å².